The molecule has 3 rings (SSSR count). The minimum atomic E-state index is -0.666. The van der Waals surface area contributed by atoms with Crippen molar-refractivity contribution < 1.29 is 9.90 Å². The summed E-state index contributed by atoms with van der Waals surface area (Å²) >= 11 is 13.6. The van der Waals surface area contributed by atoms with E-state index in [0.717, 1.165) is 34.5 Å². The van der Waals surface area contributed by atoms with Gasteiger partial charge in [0.1, 0.15) is 0 Å². The Kier molecular flexibility index (Phi) is 7.67. The van der Waals surface area contributed by atoms with E-state index in [1.807, 2.05) is 36.4 Å². The molecule has 3 aromatic rings. The van der Waals surface area contributed by atoms with E-state index in [1.54, 1.807) is 12.1 Å². The number of anilines is 1. The number of hydrogen-bond acceptors (Lipinski definition) is 4. The van der Waals surface area contributed by atoms with Crippen LogP contribution in [0.4, 0.5) is 5.13 Å². The van der Waals surface area contributed by atoms with Crippen LogP contribution >= 0.6 is 34.5 Å². The molecule has 1 heterocycles. The Morgan fingerprint density at radius 3 is 2.62 bits per heavy atom. The van der Waals surface area contributed by atoms with E-state index >= 15 is 0 Å². The Bertz CT molecular complexity index is 976. The van der Waals surface area contributed by atoms with Crippen molar-refractivity contribution in [3.05, 3.63) is 69.0 Å². The quantitative estimate of drug-likeness (QED) is 0.412. The first kappa shape index (κ1) is 21.8. The highest BCUT2D eigenvalue weighted by molar-refractivity contribution is 7.16. The zero-order valence-corrected chi connectivity index (χ0v) is 18.3. The number of rotatable bonds is 8. The summed E-state index contributed by atoms with van der Waals surface area (Å²) in [5.41, 5.74) is 2.50. The predicted octanol–water partition coefficient (Wildman–Crippen LogP) is 6.52. The number of carbonyl (C=O) groups excluding carboxylic acids is 1. The van der Waals surface area contributed by atoms with E-state index in [0.29, 0.717) is 21.6 Å². The van der Waals surface area contributed by atoms with Gasteiger partial charge in [0.25, 0.3) is 0 Å². The van der Waals surface area contributed by atoms with Gasteiger partial charge in [-0.2, -0.15) is 0 Å². The molecule has 4 nitrogen and oxygen atoms in total. The molecule has 0 aliphatic rings. The summed E-state index contributed by atoms with van der Waals surface area (Å²) in [5.74, 6) is -0.169. The average Bonchev–Trinajstić information content (AvgIpc) is 3.11. The van der Waals surface area contributed by atoms with E-state index < -0.39 is 6.10 Å². The fraction of sp³-hybridized carbons (Fsp3) is 0.273. The maximum absolute atomic E-state index is 12.4. The molecular weight excluding hydrogens is 427 g/mol. The minimum Gasteiger partial charge on any atom is -0.388 e. The first-order valence-electron chi connectivity index (χ1n) is 9.46. The summed E-state index contributed by atoms with van der Waals surface area (Å²) in [6.45, 7) is 2.10. The highest BCUT2D eigenvalue weighted by atomic mass is 35.5. The summed E-state index contributed by atoms with van der Waals surface area (Å²) < 4.78 is 0. The van der Waals surface area contributed by atoms with E-state index in [-0.39, 0.29) is 12.3 Å². The number of thiazole rings is 1. The van der Waals surface area contributed by atoms with Crippen LogP contribution < -0.4 is 5.32 Å². The van der Waals surface area contributed by atoms with Crippen LogP contribution in [0.3, 0.4) is 0 Å². The Morgan fingerprint density at radius 1 is 1.17 bits per heavy atom. The van der Waals surface area contributed by atoms with Crippen LogP contribution in [0.1, 0.15) is 42.7 Å². The molecule has 152 valence electrons. The van der Waals surface area contributed by atoms with Crippen LogP contribution in [0.25, 0.3) is 11.3 Å². The number of hydrogen-bond donors (Lipinski definition) is 2. The highest BCUT2D eigenvalue weighted by Gasteiger charge is 2.16. The number of nitrogens with zero attached hydrogens (tertiary/aromatic N) is 1. The summed E-state index contributed by atoms with van der Waals surface area (Å²) in [7, 11) is 0. The minimum absolute atomic E-state index is 0.169. The van der Waals surface area contributed by atoms with Crippen LogP contribution in [0.2, 0.25) is 10.0 Å². The fourth-order valence-corrected chi connectivity index (χ4v) is 4.36. The third-order valence-corrected chi connectivity index (χ3v) is 6.21. The first-order valence-corrected chi connectivity index (χ1v) is 11.0. The molecule has 0 radical (unpaired) electrons. The molecule has 0 spiro atoms. The lowest BCUT2D eigenvalue weighted by atomic mass is 10.1. The maximum atomic E-state index is 12.4. The molecular formula is C22H22Cl2N2O2S. The molecule has 0 fully saturated rings. The number of aliphatic hydroxyl groups excluding tert-OH is 1. The summed E-state index contributed by atoms with van der Waals surface area (Å²) in [5, 5.41) is 14.6. The lowest BCUT2D eigenvalue weighted by Crippen LogP contribution is -2.12. The van der Waals surface area contributed by atoms with Crippen LogP contribution in [-0.2, 0) is 11.2 Å². The average molecular weight is 449 g/mol. The maximum Gasteiger partial charge on any atom is 0.226 e. The molecule has 7 heteroatoms. The fourth-order valence-electron chi connectivity index (χ4n) is 2.96. The molecule has 1 aromatic heterocycles. The van der Waals surface area contributed by atoms with Crippen molar-refractivity contribution in [1.82, 2.24) is 4.98 Å². The third-order valence-electron chi connectivity index (χ3n) is 4.44. The zero-order valence-electron chi connectivity index (χ0n) is 16.0. The van der Waals surface area contributed by atoms with Crippen molar-refractivity contribution in [2.45, 2.75) is 38.7 Å². The molecule has 1 atom stereocenters. The summed E-state index contributed by atoms with van der Waals surface area (Å²) in [6, 6.07) is 14.8. The second-order valence-electron chi connectivity index (χ2n) is 6.68. The Morgan fingerprint density at radius 2 is 1.93 bits per heavy atom. The second kappa shape index (κ2) is 10.2. The van der Waals surface area contributed by atoms with Crippen molar-refractivity contribution >= 4 is 45.6 Å². The molecule has 0 unspecified atom stereocenters. The number of aryl methyl sites for hydroxylation is 1. The van der Waals surface area contributed by atoms with E-state index in [1.165, 1.54) is 11.3 Å². The van der Waals surface area contributed by atoms with Crippen molar-refractivity contribution in [3.8, 4) is 11.3 Å². The van der Waals surface area contributed by atoms with Gasteiger partial charge in [0, 0.05) is 16.9 Å². The Hall–Kier alpha value is -1.92. The van der Waals surface area contributed by atoms with Gasteiger partial charge in [0.2, 0.25) is 5.91 Å². The van der Waals surface area contributed by atoms with Gasteiger partial charge in [-0.1, -0.05) is 72.9 Å². The van der Waals surface area contributed by atoms with E-state index in [2.05, 4.69) is 17.2 Å². The highest BCUT2D eigenvalue weighted by Crippen LogP contribution is 2.35. The molecule has 0 aliphatic carbocycles. The van der Waals surface area contributed by atoms with Gasteiger partial charge >= 0.3 is 0 Å². The second-order valence-corrected chi connectivity index (χ2v) is 8.58. The summed E-state index contributed by atoms with van der Waals surface area (Å²) in [6.07, 6.45) is 1.72. The van der Waals surface area contributed by atoms with Crippen LogP contribution in [0, 0.1) is 0 Å². The molecule has 0 saturated carbocycles. The van der Waals surface area contributed by atoms with Gasteiger partial charge in [-0.25, -0.2) is 4.98 Å². The van der Waals surface area contributed by atoms with Crippen molar-refractivity contribution in [2.24, 2.45) is 0 Å². The van der Waals surface area contributed by atoms with Crippen molar-refractivity contribution in [2.75, 3.05) is 5.32 Å². The molecule has 0 saturated heterocycles. The molecule has 2 N–H and O–H groups in total. The number of carbonyl (C=O) groups is 1. The first-order chi connectivity index (χ1) is 14.0. The van der Waals surface area contributed by atoms with Crippen LogP contribution in [-0.4, -0.2) is 16.0 Å². The third kappa shape index (κ3) is 5.80. The molecule has 2 aromatic carbocycles. The van der Waals surface area contributed by atoms with Crippen molar-refractivity contribution in [1.29, 1.82) is 0 Å². The van der Waals surface area contributed by atoms with Gasteiger partial charge in [-0.15, -0.1) is 11.3 Å². The lowest BCUT2D eigenvalue weighted by molar-refractivity contribution is -0.116. The Labute approximate surface area is 184 Å². The number of nitrogens with one attached hydrogen (secondary N) is 1. The monoisotopic (exact) mass is 448 g/mol. The lowest BCUT2D eigenvalue weighted by Gasteiger charge is -2.10. The summed E-state index contributed by atoms with van der Waals surface area (Å²) in [4.78, 5) is 18.1. The standard InChI is InChI=1S/C22H22Cl2N2O2S/c1-2-6-19-21(15-9-10-16(23)17(24)13-15)26-22(29-19)25-20(28)12-11-18(27)14-7-4-3-5-8-14/h3-5,7-10,13,18,27H,2,6,11-12H2,1H3,(H,25,26,28)/t18-/m0/s1. The van der Waals surface area contributed by atoms with Gasteiger partial charge in [0.05, 0.1) is 21.8 Å². The number of aliphatic hydroxyl groups is 1. The van der Waals surface area contributed by atoms with Gasteiger partial charge in [-0.05, 0) is 30.5 Å². The van der Waals surface area contributed by atoms with Gasteiger partial charge in [-0.3, -0.25) is 4.79 Å². The molecule has 0 aliphatic heterocycles. The predicted molar refractivity (Wildman–Crippen MR) is 121 cm³/mol. The normalized spacial score (nSPS) is 12.0. The SMILES string of the molecule is CCCc1sc(NC(=O)CC[C@H](O)c2ccccc2)nc1-c1ccc(Cl)c(Cl)c1. The number of halogens is 2. The van der Waals surface area contributed by atoms with E-state index in [9.17, 15) is 9.90 Å². The van der Waals surface area contributed by atoms with E-state index in [4.69, 9.17) is 23.2 Å². The smallest absolute Gasteiger partial charge is 0.226 e. The molecule has 1 amide bonds. The van der Waals surface area contributed by atoms with Crippen molar-refractivity contribution in [3.63, 3.8) is 0 Å². The molecule has 29 heavy (non-hydrogen) atoms. The van der Waals surface area contributed by atoms with Crippen LogP contribution in [0.15, 0.2) is 48.5 Å². The zero-order chi connectivity index (χ0) is 20.8. The molecule has 0 bridgehead atoms. The Balaban J connectivity index is 1.69. The number of amides is 1. The number of aromatic nitrogens is 1. The van der Waals surface area contributed by atoms with Gasteiger partial charge in [0.15, 0.2) is 5.13 Å². The number of benzene rings is 2. The topological polar surface area (TPSA) is 62.2 Å². The van der Waals surface area contributed by atoms with Gasteiger partial charge < -0.3 is 10.4 Å². The van der Waals surface area contributed by atoms with Crippen LogP contribution in [0.5, 0.6) is 0 Å². The largest absolute Gasteiger partial charge is 0.388 e.